The van der Waals surface area contributed by atoms with E-state index in [0.717, 1.165) is 17.0 Å². The molecule has 2 aromatic carbocycles. The van der Waals surface area contributed by atoms with E-state index >= 15 is 0 Å². The Morgan fingerprint density at radius 1 is 1.16 bits per heavy atom. The van der Waals surface area contributed by atoms with Gasteiger partial charge in [0.15, 0.2) is 12.4 Å². The lowest BCUT2D eigenvalue weighted by atomic mass is 9.86. The van der Waals surface area contributed by atoms with Crippen molar-refractivity contribution in [1.82, 2.24) is 10.3 Å². The van der Waals surface area contributed by atoms with E-state index in [9.17, 15) is 22.8 Å². The van der Waals surface area contributed by atoms with Crippen molar-refractivity contribution < 1.29 is 27.5 Å². The Morgan fingerprint density at radius 2 is 1.94 bits per heavy atom. The quantitative estimate of drug-likeness (QED) is 0.601. The molecule has 0 saturated carbocycles. The molecule has 3 aromatic rings. The van der Waals surface area contributed by atoms with Crippen LogP contribution in [0.3, 0.4) is 0 Å². The molecule has 0 radical (unpaired) electrons. The topological polar surface area (TPSA) is 83.6 Å². The molecular formula is C22H18F3N3O3. The van der Waals surface area contributed by atoms with E-state index in [2.05, 4.69) is 15.3 Å². The van der Waals surface area contributed by atoms with Crippen molar-refractivity contribution in [1.29, 1.82) is 0 Å². The van der Waals surface area contributed by atoms with Crippen molar-refractivity contribution >= 4 is 28.6 Å². The van der Waals surface area contributed by atoms with Gasteiger partial charge in [0.25, 0.3) is 11.9 Å². The molecule has 1 amide bonds. The van der Waals surface area contributed by atoms with Gasteiger partial charge in [-0.25, -0.2) is 4.99 Å². The van der Waals surface area contributed by atoms with Gasteiger partial charge >= 0.3 is 6.18 Å². The van der Waals surface area contributed by atoms with E-state index < -0.39 is 41.5 Å². The van der Waals surface area contributed by atoms with Gasteiger partial charge in [-0.15, -0.1) is 0 Å². The highest BCUT2D eigenvalue weighted by Gasteiger charge is 2.39. The van der Waals surface area contributed by atoms with Gasteiger partial charge < -0.3 is 9.72 Å². The van der Waals surface area contributed by atoms with Gasteiger partial charge in [-0.2, -0.15) is 13.2 Å². The summed E-state index contributed by atoms with van der Waals surface area (Å²) in [4.78, 5) is 30.6. The number of nitrogens with zero attached hydrogens (tertiary/aromatic N) is 1. The monoisotopic (exact) mass is 429 g/mol. The molecule has 0 spiro atoms. The molecule has 1 aliphatic rings. The van der Waals surface area contributed by atoms with Crippen LogP contribution in [-0.4, -0.2) is 35.8 Å². The highest BCUT2D eigenvalue weighted by atomic mass is 19.4. The fourth-order valence-electron chi connectivity index (χ4n) is 3.74. The zero-order valence-corrected chi connectivity index (χ0v) is 16.4. The maximum atomic E-state index is 14.1. The Morgan fingerprint density at radius 3 is 2.65 bits per heavy atom. The molecule has 160 valence electrons. The fourth-order valence-corrected chi connectivity index (χ4v) is 3.74. The minimum Gasteiger partial charge on any atom is -0.455 e. The first-order valence-electron chi connectivity index (χ1n) is 9.52. The molecule has 2 N–H and O–H groups in total. The van der Waals surface area contributed by atoms with Gasteiger partial charge in [0.2, 0.25) is 0 Å². The Labute approximate surface area is 175 Å². The third kappa shape index (κ3) is 4.03. The number of rotatable bonds is 5. The number of ether oxygens (including phenoxy) is 1. The summed E-state index contributed by atoms with van der Waals surface area (Å²) >= 11 is 0. The predicted octanol–water partition coefficient (Wildman–Crippen LogP) is 4.02. The average molecular weight is 429 g/mol. The Kier molecular flexibility index (Phi) is 5.26. The molecule has 1 aliphatic heterocycles. The van der Waals surface area contributed by atoms with Crippen LogP contribution >= 0.6 is 0 Å². The standard InChI is InChI=1S/C22H18F3N3O3/c1-12(16-9-26-17-8-3-2-5-14(16)17)13-6-4-7-15(20(13)22(23,24)25)18(29)10-27-21-28-19(30)11-31-21/h2-9,12,26H,10-11H2,1H3,(H,27,28,30)/t12-/m1/s1. The minimum atomic E-state index is -4.74. The number of Topliss-reactive ketones (excluding diaryl/α,β-unsaturated/α-hetero) is 1. The van der Waals surface area contributed by atoms with Crippen molar-refractivity contribution in [3.05, 3.63) is 70.9 Å². The Hall–Kier alpha value is -3.62. The lowest BCUT2D eigenvalue weighted by Gasteiger charge is -2.21. The minimum absolute atomic E-state index is 0.00109. The first-order valence-corrected chi connectivity index (χ1v) is 9.52. The van der Waals surface area contributed by atoms with Gasteiger partial charge in [-0.1, -0.05) is 43.3 Å². The largest absolute Gasteiger partial charge is 0.455 e. The van der Waals surface area contributed by atoms with E-state index in [1.54, 1.807) is 13.1 Å². The molecule has 1 saturated heterocycles. The third-order valence-electron chi connectivity index (χ3n) is 5.19. The average Bonchev–Trinajstić information content (AvgIpc) is 3.36. The molecule has 1 atom stereocenters. The summed E-state index contributed by atoms with van der Waals surface area (Å²) in [6.45, 7) is 0.860. The van der Waals surface area contributed by atoms with Crippen LogP contribution in [0.15, 0.2) is 53.7 Å². The second-order valence-corrected chi connectivity index (χ2v) is 7.16. The van der Waals surface area contributed by atoms with Gasteiger partial charge in [0.05, 0.1) is 5.56 Å². The number of nitrogens with one attached hydrogen (secondary N) is 2. The van der Waals surface area contributed by atoms with Crippen LogP contribution < -0.4 is 5.32 Å². The van der Waals surface area contributed by atoms with Crippen molar-refractivity contribution in [3.63, 3.8) is 0 Å². The van der Waals surface area contributed by atoms with E-state index in [-0.39, 0.29) is 18.2 Å². The molecule has 1 aromatic heterocycles. The molecule has 4 rings (SSSR count). The van der Waals surface area contributed by atoms with Crippen molar-refractivity contribution in [2.24, 2.45) is 4.99 Å². The first kappa shape index (κ1) is 20.6. The van der Waals surface area contributed by atoms with Crippen LogP contribution in [0.25, 0.3) is 10.9 Å². The number of halogens is 3. The van der Waals surface area contributed by atoms with Gasteiger partial charge in [-0.05, 0) is 17.2 Å². The molecule has 0 unspecified atom stereocenters. The number of carbonyl (C=O) groups is 2. The zero-order chi connectivity index (χ0) is 22.2. The van der Waals surface area contributed by atoms with Gasteiger partial charge in [0.1, 0.15) is 6.54 Å². The highest BCUT2D eigenvalue weighted by Crippen LogP contribution is 2.41. The number of benzene rings is 2. The number of fused-ring (bicyclic) bond motifs is 1. The van der Waals surface area contributed by atoms with Crippen LogP contribution in [-0.2, 0) is 15.7 Å². The lowest BCUT2D eigenvalue weighted by Crippen LogP contribution is -2.23. The molecule has 9 heteroatoms. The summed E-state index contributed by atoms with van der Waals surface area (Å²) in [5, 5.41) is 3.10. The zero-order valence-electron chi connectivity index (χ0n) is 16.4. The van der Waals surface area contributed by atoms with Gasteiger partial charge in [0, 0.05) is 28.6 Å². The summed E-state index contributed by atoms with van der Waals surface area (Å²) < 4.78 is 47.2. The second-order valence-electron chi connectivity index (χ2n) is 7.16. The molecular weight excluding hydrogens is 411 g/mol. The molecule has 0 bridgehead atoms. The maximum Gasteiger partial charge on any atom is 0.417 e. The number of hydrogen-bond acceptors (Lipinski definition) is 4. The SMILES string of the molecule is C[C@H](c1cccc(C(=O)CN=C2NC(=O)CO2)c1C(F)(F)F)c1c[nH]c2ccccc12. The summed E-state index contributed by atoms with van der Waals surface area (Å²) in [5.74, 6) is -1.88. The van der Waals surface area contributed by atoms with Crippen LogP contribution in [0.4, 0.5) is 13.2 Å². The van der Waals surface area contributed by atoms with E-state index in [1.807, 2.05) is 24.3 Å². The number of para-hydroxylation sites is 1. The van der Waals surface area contributed by atoms with Crippen LogP contribution in [0.2, 0.25) is 0 Å². The van der Waals surface area contributed by atoms with E-state index in [4.69, 9.17) is 4.74 Å². The highest BCUT2D eigenvalue weighted by molar-refractivity contribution is 6.03. The lowest BCUT2D eigenvalue weighted by molar-refractivity contribution is -0.138. The number of alkyl halides is 3. The summed E-state index contributed by atoms with van der Waals surface area (Å²) in [6.07, 6.45) is -3.05. The first-order chi connectivity index (χ1) is 14.8. The van der Waals surface area contributed by atoms with Crippen molar-refractivity contribution in [2.75, 3.05) is 13.2 Å². The number of hydrogen-bond donors (Lipinski definition) is 2. The van der Waals surface area contributed by atoms with Crippen LogP contribution in [0.5, 0.6) is 0 Å². The number of carbonyl (C=O) groups excluding carboxylic acids is 2. The number of ketones is 1. The maximum absolute atomic E-state index is 14.1. The smallest absolute Gasteiger partial charge is 0.417 e. The molecule has 0 aliphatic carbocycles. The van der Waals surface area contributed by atoms with Crippen LogP contribution in [0.1, 0.15) is 39.9 Å². The number of H-pyrrole nitrogens is 1. The summed E-state index contributed by atoms with van der Waals surface area (Å²) in [6, 6.07) is 11.1. The number of aromatic amines is 1. The Balaban J connectivity index is 1.74. The molecule has 1 fully saturated rings. The molecule has 31 heavy (non-hydrogen) atoms. The normalized spacial score (nSPS) is 16.4. The number of amides is 1. The summed E-state index contributed by atoms with van der Waals surface area (Å²) in [5.41, 5.74) is 0.0773. The van der Waals surface area contributed by atoms with E-state index in [1.165, 1.54) is 12.1 Å². The summed E-state index contributed by atoms with van der Waals surface area (Å²) in [7, 11) is 0. The van der Waals surface area contributed by atoms with Crippen molar-refractivity contribution in [3.8, 4) is 0 Å². The third-order valence-corrected chi connectivity index (χ3v) is 5.19. The van der Waals surface area contributed by atoms with Gasteiger partial charge in [-0.3, -0.25) is 14.9 Å². The second kappa shape index (κ2) is 7.90. The molecule has 2 heterocycles. The van der Waals surface area contributed by atoms with Crippen LogP contribution in [0, 0.1) is 0 Å². The number of aromatic nitrogens is 1. The predicted molar refractivity (Wildman–Crippen MR) is 108 cm³/mol. The number of amidine groups is 1. The number of aliphatic imine (C=N–C) groups is 1. The Bertz CT molecular complexity index is 1200. The van der Waals surface area contributed by atoms with E-state index in [0.29, 0.717) is 5.56 Å². The van der Waals surface area contributed by atoms with Crippen molar-refractivity contribution in [2.45, 2.75) is 19.0 Å². The molecule has 6 nitrogen and oxygen atoms in total. The fraction of sp³-hybridized carbons (Fsp3) is 0.227.